The molecule has 24 heavy (non-hydrogen) atoms. The Hall–Kier alpha value is -2.37. The number of benzene rings is 1. The molecule has 1 aromatic heterocycles. The summed E-state index contributed by atoms with van der Waals surface area (Å²) in [6.07, 6.45) is 6.50. The summed E-state index contributed by atoms with van der Waals surface area (Å²) in [5.74, 6) is 0.00664. The third-order valence-electron chi connectivity index (χ3n) is 4.65. The highest BCUT2D eigenvalue weighted by Crippen LogP contribution is 2.17. The van der Waals surface area contributed by atoms with Crippen molar-refractivity contribution in [2.45, 2.75) is 57.5 Å². The van der Waals surface area contributed by atoms with Crippen LogP contribution in [0.25, 0.3) is 10.9 Å². The lowest BCUT2D eigenvalue weighted by atomic mass is 9.95. The third-order valence-corrected chi connectivity index (χ3v) is 4.65. The van der Waals surface area contributed by atoms with Crippen LogP contribution < -0.4 is 16.6 Å². The average molecular weight is 329 g/mol. The van der Waals surface area contributed by atoms with Crippen LogP contribution in [-0.2, 0) is 11.3 Å². The van der Waals surface area contributed by atoms with Gasteiger partial charge in [-0.1, -0.05) is 31.4 Å². The van der Waals surface area contributed by atoms with Crippen LogP contribution in [0.15, 0.2) is 33.9 Å². The van der Waals surface area contributed by atoms with Gasteiger partial charge in [0.1, 0.15) is 0 Å². The maximum Gasteiger partial charge on any atom is 0.328 e. The van der Waals surface area contributed by atoms with Crippen molar-refractivity contribution in [1.29, 1.82) is 0 Å². The summed E-state index contributed by atoms with van der Waals surface area (Å²) in [6, 6.07) is 7.24. The zero-order valence-corrected chi connectivity index (χ0v) is 13.7. The summed E-state index contributed by atoms with van der Waals surface area (Å²) in [6.45, 7) is 0.247. The standard InChI is InChI=1S/C18H23N3O3/c22-16(19-13-7-2-1-3-8-13)11-6-12-21-17(23)14-9-4-5-10-15(14)20-18(21)24/h4-5,9-10,13H,1-3,6-8,11-12H2,(H,19,22)(H,20,24). The van der Waals surface area contributed by atoms with E-state index in [0.717, 1.165) is 12.8 Å². The molecule has 0 unspecified atom stereocenters. The highest BCUT2D eigenvalue weighted by Gasteiger charge is 2.15. The molecule has 1 aliphatic rings. The Morgan fingerprint density at radius 2 is 1.92 bits per heavy atom. The van der Waals surface area contributed by atoms with Crippen molar-refractivity contribution in [3.8, 4) is 0 Å². The van der Waals surface area contributed by atoms with Gasteiger partial charge in [0.2, 0.25) is 5.91 Å². The molecule has 1 fully saturated rings. The zero-order chi connectivity index (χ0) is 16.9. The van der Waals surface area contributed by atoms with E-state index in [1.54, 1.807) is 24.3 Å². The first-order valence-electron chi connectivity index (χ1n) is 8.66. The molecule has 0 aliphatic heterocycles. The van der Waals surface area contributed by atoms with Crippen molar-refractivity contribution in [3.63, 3.8) is 0 Å². The number of hydrogen-bond donors (Lipinski definition) is 2. The molecule has 3 rings (SSSR count). The van der Waals surface area contributed by atoms with Gasteiger partial charge in [-0.3, -0.25) is 14.2 Å². The number of aromatic amines is 1. The number of aromatic nitrogens is 2. The molecule has 2 N–H and O–H groups in total. The Balaban J connectivity index is 1.60. The molecular formula is C18H23N3O3. The predicted octanol–water partition coefficient (Wildman–Crippen LogP) is 1.92. The van der Waals surface area contributed by atoms with Gasteiger partial charge in [0.15, 0.2) is 0 Å². The Morgan fingerprint density at radius 1 is 1.17 bits per heavy atom. The molecule has 0 bridgehead atoms. The van der Waals surface area contributed by atoms with Crippen LogP contribution in [0.2, 0.25) is 0 Å². The molecule has 2 aromatic rings. The van der Waals surface area contributed by atoms with E-state index in [0.29, 0.717) is 23.7 Å². The van der Waals surface area contributed by atoms with Crippen LogP contribution in [0.5, 0.6) is 0 Å². The number of carbonyl (C=O) groups excluding carboxylic acids is 1. The van der Waals surface area contributed by atoms with Crippen molar-refractivity contribution in [2.24, 2.45) is 0 Å². The highest BCUT2D eigenvalue weighted by molar-refractivity contribution is 5.77. The topological polar surface area (TPSA) is 84.0 Å². The lowest BCUT2D eigenvalue weighted by Crippen LogP contribution is -2.37. The number of carbonyl (C=O) groups is 1. The van der Waals surface area contributed by atoms with Crippen LogP contribution in [0, 0.1) is 0 Å². The van der Waals surface area contributed by atoms with Crippen LogP contribution in [0.4, 0.5) is 0 Å². The maximum atomic E-state index is 12.4. The van der Waals surface area contributed by atoms with Crippen LogP contribution in [0.1, 0.15) is 44.9 Å². The van der Waals surface area contributed by atoms with Gasteiger partial charge in [0.25, 0.3) is 5.56 Å². The van der Waals surface area contributed by atoms with Crippen LogP contribution in [0.3, 0.4) is 0 Å². The maximum absolute atomic E-state index is 12.4. The summed E-state index contributed by atoms with van der Waals surface area (Å²) in [4.78, 5) is 39.1. The quantitative estimate of drug-likeness (QED) is 0.879. The van der Waals surface area contributed by atoms with E-state index >= 15 is 0 Å². The summed E-state index contributed by atoms with van der Waals surface area (Å²) >= 11 is 0. The van der Waals surface area contributed by atoms with E-state index in [1.807, 2.05) is 0 Å². The second-order valence-electron chi connectivity index (χ2n) is 6.44. The highest BCUT2D eigenvalue weighted by atomic mass is 16.2. The predicted molar refractivity (Wildman–Crippen MR) is 93.1 cm³/mol. The molecular weight excluding hydrogens is 306 g/mol. The molecule has 1 amide bonds. The number of nitrogens with zero attached hydrogens (tertiary/aromatic N) is 1. The zero-order valence-electron chi connectivity index (χ0n) is 13.7. The molecule has 1 heterocycles. The van der Waals surface area contributed by atoms with Crippen molar-refractivity contribution in [3.05, 3.63) is 45.1 Å². The van der Waals surface area contributed by atoms with Gasteiger partial charge >= 0.3 is 5.69 Å². The Morgan fingerprint density at radius 3 is 2.71 bits per heavy atom. The SMILES string of the molecule is O=C(CCCn1c(=O)[nH]c2ccccc2c1=O)NC1CCCCC1. The van der Waals surface area contributed by atoms with Gasteiger partial charge in [-0.15, -0.1) is 0 Å². The van der Waals surface area contributed by atoms with E-state index in [9.17, 15) is 14.4 Å². The lowest BCUT2D eigenvalue weighted by Gasteiger charge is -2.22. The van der Waals surface area contributed by atoms with Crippen molar-refractivity contribution >= 4 is 16.8 Å². The van der Waals surface area contributed by atoms with Crippen molar-refractivity contribution < 1.29 is 4.79 Å². The van der Waals surface area contributed by atoms with Gasteiger partial charge < -0.3 is 10.3 Å². The number of rotatable bonds is 5. The first-order valence-corrected chi connectivity index (χ1v) is 8.66. The molecule has 0 atom stereocenters. The van der Waals surface area contributed by atoms with Gasteiger partial charge in [-0.05, 0) is 31.4 Å². The minimum Gasteiger partial charge on any atom is -0.353 e. The van der Waals surface area contributed by atoms with Crippen LogP contribution in [-0.4, -0.2) is 21.5 Å². The number of hydrogen-bond acceptors (Lipinski definition) is 3. The smallest absolute Gasteiger partial charge is 0.328 e. The number of para-hydroxylation sites is 1. The van der Waals surface area contributed by atoms with E-state index in [-0.39, 0.29) is 24.1 Å². The molecule has 6 nitrogen and oxygen atoms in total. The fraction of sp³-hybridized carbons (Fsp3) is 0.500. The molecule has 1 aliphatic carbocycles. The number of amides is 1. The summed E-state index contributed by atoms with van der Waals surface area (Å²) in [5, 5.41) is 3.54. The first kappa shape index (κ1) is 16.5. The molecule has 128 valence electrons. The molecule has 6 heteroatoms. The number of nitrogens with one attached hydrogen (secondary N) is 2. The third kappa shape index (κ3) is 3.75. The van der Waals surface area contributed by atoms with Gasteiger partial charge in [0.05, 0.1) is 10.9 Å². The first-order chi connectivity index (χ1) is 11.6. The monoisotopic (exact) mass is 329 g/mol. The normalized spacial score (nSPS) is 15.5. The number of H-pyrrole nitrogens is 1. The fourth-order valence-electron chi connectivity index (χ4n) is 3.35. The minimum atomic E-state index is -0.425. The molecule has 1 saturated carbocycles. The van der Waals surface area contributed by atoms with Crippen molar-refractivity contribution in [1.82, 2.24) is 14.9 Å². The lowest BCUT2D eigenvalue weighted by molar-refractivity contribution is -0.122. The Bertz CT molecular complexity index is 831. The Kier molecular flexibility index (Phi) is 5.13. The number of fused-ring (bicyclic) bond motifs is 1. The van der Waals surface area contributed by atoms with Gasteiger partial charge in [-0.2, -0.15) is 0 Å². The van der Waals surface area contributed by atoms with E-state index in [4.69, 9.17) is 0 Å². The fourth-order valence-corrected chi connectivity index (χ4v) is 3.35. The second kappa shape index (κ2) is 7.47. The molecule has 0 saturated heterocycles. The van der Waals surface area contributed by atoms with Crippen molar-refractivity contribution in [2.75, 3.05) is 0 Å². The van der Waals surface area contributed by atoms with Crippen LogP contribution >= 0.6 is 0 Å². The molecule has 1 aromatic carbocycles. The molecule has 0 radical (unpaired) electrons. The second-order valence-corrected chi connectivity index (χ2v) is 6.44. The van der Waals surface area contributed by atoms with E-state index in [2.05, 4.69) is 10.3 Å². The molecule has 0 spiro atoms. The summed E-state index contributed by atoms with van der Waals surface area (Å²) in [7, 11) is 0. The average Bonchev–Trinajstić information content (AvgIpc) is 2.59. The van der Waals surface area contributed by atoms with E-state index < -0.39 is 5.69 Å². The summed E-state index contributed by atoms with van der Waals surface area (Å²) in [5.41, 5.74) is -0.188. The minimum absolute atomic E-state index is 0.00664. The summed E-state index contributed by atoms with van der Waals surface area (Å²) < 4.78 is 1.18. The largest absolute Gasteiger partial charge is 0.353 e. The van der Waals surface area contributed by atoms with E-state index in [1.165, 1.54) is 23.8 Å². The Labute approximate surface area is 139 Å². The van der Waals surface area contributed by atoms with Gasteiger partial charge in [-0.25, -0.2) is 4.79 Å². The van der Waals surface area contributed by atoms with Gasteiger partial charge in [0, 0.05) is 19.0 Å².